The van der Waals surface area contributed by atoms with Gasteiger partial charge in [-0.05, 0) is 6.07 Å². The van der Waals surface area contributed by atoms with Crippen molar-refractivity contribution < 1.29 is 18.1 Å². The Kier molecular flexibility index (Phi) is 4.01. The average molecular weight is 298 g/mol. The number of benzene rings is 1. The van der Waals surface area contributed by atoms with E-state index in [4.69, 9.17) is 0 Å². The Labute approximate surface area is 116 Å². The quantitative estimate of drug-likeness (QED) is 0.693. The molecule has 0 bridgehead atoms. The SMILES string of the molecule is O=[N+]([O-])c1ccccc1CNc1nccc(C(F)(F)F)n1. The molecule has 0 atom stereocenters. The molecule has 0 fully saturated rings. The zero-order chi connectivity index (χ0) is 15.5. The minimum absolute atomic E-state index is 0.0571. The van der Waals surface area contributed by atoms with Gasteiger partial charge in [-0.25, -0.2) is 9.97 Å². The molecule has 2 rings (SSSR count). The van der Waals surface area contributed by atoms with Gasteiger partial charge in [0.05, 0.1) is 4.92 Å². The fraction of sp³-hybridized carbons (Fsp3) is 0.167. The third-order valence-corrected chi connectivity index (χ3v) is 2.57. The van der Waals surface area contributed by atoms with Crippen LogP contribution in [0.1, 0.15) is 11.3 Å². The zero-order valence-corrected chi connectivity index (χ0v) is 10.5. The van der Waals surface area contributed by atoms with Crippen LogP contribution in [0.4, 0.5) is 24.8 Å². The van der Waals surface area contributed by atoms with Gasteiger partial charge in [0.15, 0.2) is 0 Å². The highest BCUT2D eigenvalue weighted by Crippen LogP contribution is 2.27. The summed E-state index contributed by atoms with van der Waals surface area (Å²) in [5.41, 5.74) is -0.886. The first-order valence-corrected chi connectivity index (χ1v) is 5.74. The van der Waals surface area contributed by atoms with Gasteiger partial charge >= 0.3 is 6.18 Å². The number of halogens is 3. The lowest BCUT2D eigenvalue weighted by atomic mass is 10.2. The first-order valence-electron chi connectivity index (χ1n) is 5.74. The van der Waals surface area contributed by atoms with E-state index >= 15 is 0 Å². The Balaban J connectivity index is 2.16. The van der Waals surface area contributed by atoms with E-state index in [-0.39, 0.29) is 18.2 Å². The minimum atomic E-state index is -4.57. The predicted octanol–water partition coefficient (Wildman–Crippen LogP) is 3.02. The Morgan fingerprint density at radius 1 is 1.24 bits per heavy atom. The van der Waals surface area contributed by atoms with Crippen LogP contribution in [-0.2, 0) is 12.7 Å². The summed E-state index contributed by atoms with van der Waals surface area (Å²) >= 11 is 0. The largest absolute Gasteiger partial charge is 0.433 e. The number of hydrogen-bond acceptors (Lipinski definition) is 5. The van der Waals surface area contributed by atoms with Crippen molar-refractivity contribution in [1.82, 2.24) is 9.97 Å². The molecule has 0 aliphatic carbocycles. The maximum atomic E-state index is 12.5. The Bertz CT molecular complexity index is 661. The molecule has 110 valence electrons. The highest BCUT2D eigenvalue weighted by molar-refractivity contribution is 5.42. The van der Waals surface area contributed by atoms with Crippen LogP contribution >= 0.6 is 0 Å². The normalized spacial score (nSPS) is 11.2. The molecule has 9 heteroatoms. The number of nitro benzene ring substituents is 1. The minimum Gasteiger partial charge on any atom is -0.350 e. The van der Waals surface area contributed by atoms with Crippen LogP contribution in [0.2, 0.25) is 0 Å². The Hall–Kier alpha value is -2.71. The number of para-hydroxylation sites is 1. The molecule has 6 nitrogen and oxygen atoms in total. The van der Waals surface area contributed by atoms with Crippen LogP contribution in [0.25, 0.3) is 0 Å². The Morgan fingerprint density at radius 2 is 1.95 bits per heavy atom. The highest BCUT2D eigenvalue weighted by Gasteiger charge is 2.32. The maximum absolute atomic E-state index is 12.5. The molecular weight excluding hydrogens is 289 g/mol. The van der Waals surface area contributed by atoms with Crippen LogP contribution in [0.5, 0.6) is 0 Å². The standard InChI is InChI=1S/C12H9F3N4O2/c13-12(14,15)10-5-6-16-11(18-10)17-7-8-3-1-2-4-9(8)19(20)21/h1-6H,7H2,(H,16,17,18). The monoisotopic (exact) mass is 298 g/mol. The van der Waals surface area contributed by atoms with E-state index in [1.165, 1.54) is 18.2 Å². The lowest BCUT2D eigenvalue weighted by Crippen LogP contribution is -2.12. The Morgan fingerprint density at radius 3 is 2.62 bits per heavy atom. The molecule has 0 saturated carbocycles. The van der Waals surface area contributed by atoms with Gasteiger partial charge in [0.25, 0.3) is 5.69 Å². The lowest BCUT2D eigenvalue weighted by Gasteiger charge is -2.08. The van der Waals surface area contributed by atoms with Gasteiger partial charge in [0.1, 0.15) is 5.69 Å². The topological polar surface area (TPSA) is 81.0 Å². The van der Waals surface area contributed by atoms with Crippen LogP contribution in [0, 0.1) is 10.1 Å². The number of hydrogen-bond donors (Lipinski definition) is 1. The third kappa shape index (κ3) is 3.65. The summed E-state index contributed by atoms with van der Waals surface area (Å²) < 4.78 is 37.5. The summed E-state index contributed by atoms with van der Waals surface area (Å²) in [4.78, 5) is 17.2. The van der Waals surface area contributed by atoms with Crippen molar-refractivity contribution in [2.24, 2.45) is 0 Å². The molecule has 0 amide bonds. The van der Waals surface area contributed by atoms with Gasteiger partial charge < -0.3 is 5.32 Å². The number of nitrogens with zero attached hydrogens (tertiary/aromatic N) is 3. The summed E-state index contributed by atoms with van der Waals surface area (Å²) in [6, 6.07) is 6.65. The van der Waals surface area contributed by atoms with Gasteiger partial charge in [0, 0.05) is 24.4 Å². The van der Waals surface area contributed by atoms with E-state index < -0.39 is 16.8 Å². The molecule has 0 unspecified atom stereocenters. The second-order valence-electron chi connectivity index (χ2n) is 4.00. The molecule has 0 aliphatic rings. The number of nitro groups is 1. The van der Waals surface area contributed by atoms with Crippen molar-refractivity contribution in [2.45, 2.75) is 12.7 Å². The molecule has 1 heterocycles. The predicted molar refractivity (Wildman–Crippen MR) is 67.5 cm³/mol. The van der Waals surface area contributed by atoms with Gasteiger partial charge in [-0.15, -0.1) is 0 Å². The molecule has 0 radical (unpaired) electrons. The van der Waals surface area contributed by atoms with Crippen molar-refractivity contribution >= 4 is 11.6 Å². The van der Waals surface area contributed by atoms with E-state index in [2.05, 4.69) is 15.3 Å². The van der Waals surface area contributed by atoms with Crippen molar-refractivity contribution in [2.75, 3.05) is 5.32 Å². The van der Waals surface area contributed by atoms with Crippen molar-refractivity contribution in [1.29, 1.82) is 0 Å². The fourth-order valence-corrected chi connectivity index (χ4v) is 1.61. The molecule has 21 heavy (non-hydrogen) atoms. The highest BCUT2D eigenvalue weighted by atomic mass is 19.4. The number of anilines is 1. The van der Waals surface area contributed by atoms with Gasteiger partial charge in [-0.2, -0.15) is 13.2 Å². The summed E-state index contributed by atoms with van der Waals surface area (Å²) in [7, 11) is 0. The molecule has 1 N–H and O–H groups in total. The van der Waals surface area contributed by atoms with E-state index in [0.717, 1.165) is 12.3 Å². The van der Waals surface area contributed by atoms with Gasteiger partial charge in [0.2, 0.25) is 5.95 Å². The summed E-state index contributed by atoms with van der Waals surface area (Å²) in [6.45, 7) is -0.0571. The molecule has 1 aromatic heterocycles. The molecular formula is C12H9F3N4O2. The number of aromatic nitrogens is 2. The van der Waals surface area contributed by atoms with Crippen LogP contribution < -0.4 is 5.32 Å². The van der Waals surface area contributed by atoms with Crippen molar-refractivity contribution in [3.8, 4) is 0 Å². The number of alkyl halides is 3. The van der Waals surface area contributed by atoms with Gasteiger partial charge in [-0.1, -0.05) is 18.2 Å². The van der Waals surface area contributed by atoms with E-state index in [9.17, 15) is 23.3 Å². The van der Waals surface area contributed by atoms with E-state index in [1.54, 1.807) is 6.07 Å². The maximum Gasteiger partial charge on any atom is 0.433 e. The summed E-state index contributed by atoms with van der Waals surface area (Å²) in [6.07, 6.45) is -3.60. The molecule has 0 spiro atoms. The third-order valence-electron chi connectivity index (χ3n) is 2.57. The lowest BCUT2D eigenvalue weighted by molar-refractivity contribution is -0.385. The summed E-state index contributed by atoms with van der Waals surface area (Å²) in [5.74, 6) is -0.247. The smallest absolute Gasteiger partial charge is 0.350 e. The van der Waals surface area contributed by atoms with E-state index in [1.807, 2.05) is 0 Å². The first-order chi connectivity index (χ1) is 9.88. The van der Waals surface area contributed by atoms with Crippen molar-refractivity contribution in [3.63, 3.8) is 0 Å². The van der Waals surface area contributed by atoms with Crippen molar-refractivity contribution in [3.05, 3.63) is 57.9 Å². The zero-order valence-electron chi connectivity index (χ0n) is 10.5. The second-order valence-corrected chi connectivity index (χ2v) is 4.00. The second kappa shape index (κ2) is 5.73. The van der Waals surface area contributed by atoms with Crippen LogP contribution in [0.15, 0.2) is 36.5 Å². The van der Waals surface area contributed by atoms with Gasteiger partial charge in [-0.3, -0.25) is 10.1 Å². The molecule has 2 aromatic rings. The van der Waals surface area contributed by atoms with Crippen LogP contribution in [-0.4, -0.2) is 14.9 Å². The first kappa shape index (κ1) is 14.7. The fourth-order valence-electron chi connectivity index (χ4n) is 1.61. The molecule has 0 aliphatic heterocycles. The average Bonchev–Trinajstić information content (AvgIpc) is 2.45. The van der Waals surface area contributed by atoms with E-state index in [0.29, 0.717) is 5.56 Å². The number of nitrogens with one attached hydrogen (secondary N) is 1. The molecule has 1 aromatic carbocycles. The molecule has 0 saturated heterocycles. The summed E-state index contributed by atoms with van der Waals surface area (Å²) in [5, 5.41) is 13.4. The van der Waals surface area contributed by atoms with Crippen LogP contribution in [0.3, 0.4) is 0 Å². The number of rotatable bonds is 4.